The minimum absolute atomic E-state index is 0.00646. The van der Waals surface area contributed by atoms with E-state index in [-0.39, 0.29) is 17.9 Å². The van der Waals surface area contributed by atoms with Crippen molar-refractivity contribution in [2.24, 2.45) is 5.92 Å². The molecule has 1 aliphatic rings. The lowest BCUT2D eigenvalue weighted by molar-refractivity contribution is -0.125. The molecule has 144 valence electrons. The molecule has 5 nitrogen and oxygen atoms in total. The van der Waals surface area contributed by atoms with Crippen LogP contribution in [0.3, 0.4) is 0 Å². The molecule has 1 aromatic heterocycles. The maximum Gasteiger partial charge on any atom is 0.225 e. The van der Waals surface area contributed by atoms with E-state index in [1.165, 1.54) is 5.56 Å². The van der Waals surface area contributed by atoms with Crippen molar-refractivity contribution >= 4 is 23.5 Å². The van der Waals surface area contributed by atoms with Crippen molar-refractivity contribution in [1.29, 1.82) is 0 Å². The number of hydrogen-bond acceptors (Lipinski definition) is 5. The van der Waals surface area contributed by atoms with Gasteiger partial charge in [0.05, 0.1) is 5.92 Å². The molecule has 1 amide bonds. The molecule has 1 aliphatic heterocycles. The summed E-state index contributed by atoms with van der Waals surface area (Å²) in [6.45, 7) is 7.83. The van der Waals surface area contributed by atoms with E-state index in [1.807, 2.05) is 0 Å². The maximum absolute atomic E-state index is 12.6. The van der Waals surface area contributed by atoms with Gasteiger partial charge in [-0.25, -0.2) is 9.97 Å². The smallest absolute Gasteiger partial charge is 0.225 e. The number of carbonyl (C=O) groups excluding carboxylic acids is 1. The van der Waals surface area contributed by atoms with E-state index in [0.29, 0.717) is 6.54 Å². The van der Waals surface area contributed by atoms with Crippen LogP contribution in [0.2, 0.25) is 0 Å². The predicted molar refractivity (Wildman–Crippen MR) is 110 cm³/mol. The number of aryl methyl sites for hydroxylation is 1. The molecular formula is C21H28N4OS. The van der Waals surface area contributed by atoms with Crippen molar-refractivity contribution in [2.45, 2.75) is 56.0 Å². The molecule has 0 radical (unpaired) electrons. The summed E-state index contributed by atoms with van der Waals surface area (Å²) in [7, 11) is 0. The molecule has 0 spiro atoms. The molecule has 2 aromatic rings. The van der Waals surface area contributed by atoms with Crippen LogP contribution in [-0.4, -0.2) is 35.0 Å². The van der Waals surface area contributed by atoms with Crippen LogP contribution in [0, 0.1) is 12.8 Å². The Morgan fingerprint density at radius 2 is 2.04 bits per heavy atom. The molecule has 1 saturated heterocycles. The van der Waals surface area contributed by atoms with Crippen LogP contribution in [0.1, 0.15) is 38.7 Å². The number of aromatic nitrogens is 2. The van der Waals surface area contributed by atoms with E-state index < -0.39 is 0 Å². The number of benzene rings is 1. The fourth-order valence-electron chi connectivity index (χ4n) is 3.17. The third kappa shape index (κ3) is 5.22. The number of amides is 1. The van der Waals surface area contributed by atoms with Crippen LogP contribution in [0.25, 0.3) is 0 Å². The number of nitrogens with zero attached hydrogens (tertiary/aromatic N) is 3. The highest BCUT2D eigenvalue weighted by molar-refractivity contribution is 7.99. The zero-order valence-electron chi connectivity index (χ0n) is 16.3. The molecule has 1 N–H and O–H groups in total. The molecule has 0 aliphatic carbocycles. The Morgan fingerprint density at radius 3 is 2.78 bits per heavy atom. The lowest BCUT2D eigenvalue weighted by atomic mass is 9.96. The van der Waals surface area contributed by atoms with Gasteiger partial charge in [-0.05, 0) is 45.2 Å². The summed E-state index contributed by atoms with van der Waals surface area (Å²) in [6, 6.07) is 8.65. The van der Waals surface area contributed by atoms with Crippen molar-refractivity contribution in [3.8, 4) is 0 Å². The number of carbonyl (C=O) groups is 1. The number of piperidine rings is 1. The number of hydrogen-bond donors (Lipinski definition) is 1. The van der Waals surface area contributed by atoms with Crippen molar-refractivity contribution in [3.63, 3.8) is 0 Å². The Kier molecular flexibility index (Phi) is 6.72. The normalized spacial score (nSPS) is 18.2. The summed E-state index contributed by atoms with van der Waals surface area (Å²) < 4.78 is 0. The molecule has 0 saturated carbocycles. The Balaban J connectivity index is 1.73. The third-order valence-electron chi connectivity index (χ3n) is 4.97. The Hall–Kier alpha value is -2.08. The first-order valence-corrected chi connectivity index (χ1v) is 10.5. The molecule has 3 rings (SSSR count). The average Bonchev–Trinajstić information content (AvgIpc) is 2.70. The first-order chi connectivity index (χ1) is 13.1. The van der Waals surface area contributed by atoms with Crippen molar-refractivity contribution in [2.75, 3.05) is 18.0 Å². The number of nitrogens with one attached hydrogen (secondary N) is 1. The van der Waals surface area contributed by atoms with E-state index in [2.05, 4.69) is 65.2 Å². The van der Waals surface area contributed by atoms with Crippen molar-refractivity contribution < 1.29 is 4.79 Å². The summed E-state index contributed by atoms with van der Waals surface area (Å²) in [4.78, 5) is 25.1. The summed E-state index contributed by atoms with van der Waals surface area (Å²) >= 11 is 1.62. The summed E-state index contributed by atoms with van der Waals surface area (Å²) in [6.07, 6.45) is 6.33. The van der Waals surface area contributed by atoms with E-state index in [9.17, 15) is 4.79 Å². The number of anilines is 1. The first-order valence-electron chi connectivity index (χ1n) is 9.67. The first kappa shape index (κ1) is 19.7. The predicted octanol–water partition coefficient (Wildman–Crippen LogP) is 4.07. The fraction of sp³-hybridized carbons (Fsp3) is 0.476. The standard InChI is InChI=1S/C21H28N4OS/c1-4-16(3)24-20(26)17-6-5-13-25(14-17)19-21(23-12-11-22-19)27-18-9-7-15(2)8-10-18/h7-12,16-17H,4-6,13-14H2,1-3H3,(H,24,26)/t16-,17+/m1/s1. The van der Waals surface area contributed by atoms with Gasteiger partial charge in [-0.15, -0.1) is 0 Å². The van der Waals surface area contributed by atoms with Crippen LogP contribution in [0.5, 0.6) is 0 Å². The van der Waals surface area contributed by atoms with Gasteiger partial charge in [0.2, 0.25) is 5.91 Å². The van der Waals surface area contributed by atoms with Gasteiger partial charge < -0.3 is 10.2 Å². The van der Waals surface area contributed by atoms with Gasteiger partial charge in [-0.3, -0.25) is 4.79 Å². The van der Waals surface area contributed by atoms with E-state index in [0.717, 1.165) is 41.5 Å². The Bertz CT molecular complexity index is 765. The molecule has 0 unspecified atom stereocenters. The highest BCUT2D eigenvalue weighted by atomic mass is 32.2. The highest BCUT2D eigenvalue weighted by Gasteiger charge is 2.28. The van der Waals surface area contributed by atoms with E-state index >= 15 is 0 Å². The minimum Gasteiger partial charge on any atom is -0.354 e. The minimum atomic E-state index is 0.00646. The average molecular weight is 385 g/mol. The highest BCUT2D eigenvalue weighted by Crippen LogP contribution is 2.34. The quantitative estimate of drug-likeness (QED) is 0.814. The van der Waals surface area contributed by atoms with Crippen LogP contribution in [-0.2, 0) is 4.79 Å². The van der Waals surface area contributed by atoms with Gasteiger partial charge in [0.1, 0.15) is 5.03 Å². The van der Waals surface area contributed by atoms with Gasteiger partial charge >= 0.3 is 0 Å². The molecule has 1 aromatic carbocycles. The molecule has 6 heteroatoms. The SMILES string of the molecule is CC[C@@H](C)NC(=O)[C@H]1CCCN(c2nccnc2Sc2ccc(C)cc2)C1. The Labute approximate surface area is 166 Å². The van der Waals surface area contributed by atoms with Gasteiger partial charge in [-0.2, -0.15) is 0 Å². The van der Waals surface area contributed by atoms with Crippen LogP contribution in [0.4, 0.5) is 5.82 Å². The summed E-state index contributed by atoms with van der Waals surface area (Å²) in [5.74, 6) is 1.04. The Morgan fingerprint density at radius 1 is 1.30 bits per heavy atom. The van der Waals surface area contributed by atoms with Crippen LogP contribution in [0.15, 0.2) is 46.6 Å². The van der Waals surface area contributed by atoms with Crippen molar-refractivity contribution in [3.05, 3.63) is 42.2 Å². The van der Waals surface area contributed by atoms with Crippen LogP contribution >= 0.6 is 11.8 Å². The summed E-state index contributed by atoms with van der Waals surface area (Å²) in [5.41, 5.74) is 1.24. The topological polar surface area (TPSA) is 58.1 Å². The molecule has 2 atom stereocenters. The van der Waals surface area contributed by atoms with Gasteiger partial charge in [0.15, 0.2) is 5.82 Å². The number of rotatable bonds is 6. The molecule has 27 heavy (non-hydrogen) atoms. The van der Waals surface area contributed by atoms with E-state index in [1.54, 1.807) is 24.2 Å². The molecule has 2 heterocycles. The molecule has 1 fully saturated rings. The van der Waals surface area contributed by atoms with Gasteiger partial charge in [0.25, 0.3) is 0 Å². The molecular weight excluding hydrogens is 356 g/mol. The zero-order valence-corrected chi connectivity index (χ0v) is 17.1. The second-order valence-electron chi connectivity index (χ2n) is 7.20. The second kappa shape index (κ2) is 9.22. The third-order valence-corrected chi connectivity index (χ3v) is 5.96. The molecule has 0 bridgehead atoms. The monoisotopic (exact) mass is 384 g/mol. The maximum atomic E-state index is 12.6. The summed E-state index contributed by atoms with van der Waals surface area (Å²) in [5, 5.41) is 4.02. The largest absolute Gasteiger partial charge is 0.354 e. The lowest BCUT2D eigenvalue weighted by Gasteiger charge is -2.33. The fourth-order valence-corrected chi connectivity index (χ4v) is 4.05. The van der Waals surface area contributed by atoms with E-state index in [4.69, 9.17) is 0 Å². The van der Waals surface area contributed by atoms with Crippen LogP contribution < -0.4 is 10.2 Å². The lowest BCUT2D eigenvalue weighted by Crippen LogP contribution is -2.45. The van der Waals surface area contributed by atoms with Crippen molar-refractivity contribution in [1.82, 2.24) is 15.3 Å². The zero-order chi connectivity index (χ0) is 19.2. The second-order valence-corrected chi connectivity index (χ2v) is 8.27. The van der Waals surface area contributed by atoms with Gasteiger partial charge in [0, 0.05) is 36.4 Å². The van der Waals surface area contributed by atoms with Gasteiger partial charge in [-0.1, -0.05) is 36.4 Å².